The van der Waals surface area contributed by atoms with Gasteiger partial charge in [0.2, 0.25) is 0 Å². The second-order valence-corrected chi connectivity index (χ2v) is 6.23. The van der Waals surface area contributed by atoms with Crippen molar-refractivity contribution in [3.8, 4) is 0 Å². The maximum absolute atomic E-state index is 10.1. The fourth-order valence-corrected chi connectivity index (χ4v) is 3.10. The number of hydrogen-bond donors (Lipinski definition) is 2. The van der Waals surface area contributed by atoms with E-state index in [0.29, 0.717) is 12.3 Å². The zero-order valence-electron chi connectivity index (χ0n) is 12.8. The van der Waals surface area contributed by atoms with Crippen molar-refractivity contribution in [1.82, 2.24) is 0 Å². The Morgan fingerprint density at radius 2 is 1.76 bits per heavy atom. The first-order valence-electron chi connectivity index (χ1n) is 8.32. The van der Waals surface area contributed by atoms with Gasteiger partial charge in [-0.1, -0.05) is 61.7 Å². The summed E-state index contributed by atoms with van der Waals surface area (Å²) in [4.78, 5) is 0. The highest BCUT2D eigenvalue weighted by atomic mass is 16.3. The van der Waals surface area contributed by atoms with Gasteiger partial charge in [-0.2, -0.15) is 0 Å². The predicted molar refractivity (Wildman–Crippen MR) is 87.1 cm³/mol. The molecule has 2 rings (SSSR count). The van der Waals surface area contributed by atoms with E-state index in [2.05, 4.69) is 12.1 Å². The summed E-state index contributed by atoms with van der Waals surface area (Å²) in [6.07, 6.45) is 11.6. The third kappa shape index (κ3) is 6.03. The summed E-state index contributed by atoms with van der Waals surface area (Å²) >= 11 is 0. The van der Waals surface area contributed by atoms with E-state index in [0.717, 1.165) is 25.7 Å². The number of aliphatic hydroxyl groups excluding tert-OH is 2. The van der Waals surface area contributed by atoms with Crippen LogP contribution in [0.2, 0.25) is 0 Å². The van der Waals surface area contributed by atoms with E-state index in [-0.39, 0.29) is 12.2 Å². The third-order valence-corrected chi connectivity index (χ3v) is 4.48. The van der Waals surface area contributed by atoms with Gasteiger partial charge in [-0.3, -0.25) is 0 Å². The Bertz CT molecular complexity index is 407. The molecule has 2 heteroatoms. The smallest absolute Gasteiger partial charge is 0.0749 e. The average molecular weight is 288 g/mol. The highest BCUT2D eigenvalue weighted by Gasteiger charge is 2.19. The van der Waals surface area contributed by atoms with Crippen molar-refractivity contribution >= 4 is 0 Å². The predicted octanol–water partition coefficient (Wildman–Crippen LogP) is 3.87. The van der Waals surface area contributed by atoms with E-state index in [4.69, 9.17) is 0 Å². The zero-order valence-corrected chi connectivity index (χ0v) is 12.8. The molecule has 0 spiro atoms. The van der Waals surface area contributed by atoms with Crippen LogP contribution >= 0.6 is 0 Å². The van der Waals surface area contributed by atoms with E-state index in [9.17, 15) is 10.2 Å². The van der Waals surface area contributed by atoms with Crippen LogP contribution in [0.1, 0.15) is 50.5 Å². The van der Waals surface area contributed by atoms with Gasteiger partial charge in [-0.15, -0.1) is 0 Å². The second-order valence-electron chi connectivity index (χ2n) is 6.23. The minimum absolute atomic E-state index is 0.319. The Labute approximate surface area is 128 Å². The molecule has 2 nitrogen and oxygen atoms in total. The molecule has 1 fully saturated rings. The van der Waals surface area contributed by atoms with Gasteiger partial charge in [0.25, 0.3) is 0 Å². The van der Waals surface area contributed by atoms with E-state index in [1.54, 1.807) is 0 Å². The Morgan fingerprint density at radius 3 is 2.48 bits per heavy atom. The normalized spacial score (nSPS) is 19.7. The molecule has 0 bridgehead atoms. The summed E-state index contributed by atoms with van der Waals surface area (Å²) in [5.41, 5.74) is 1.27. The van der Waals surface area contributed by atoms with Crippen molar-refractivity contribution in [1.29, 1.82) is 0 Å². The first-order valence-corrected chi connectivity index (χ1v) is 8.32. The fourth-order valence-electron chi connectivity index (χ4n) is 3.10. The first-order chi connectivity index (χ1) is 10.3. The Morgan fingerprint density at radius 1 is 1.05 bits per heavy atom. The molecular weight excluding hydrogens is 260 g/mol. The highest BCUT2D eigenvalue weighted by Crippen LogP contribution is 2.27. The topological polar surface area (TPSA) is 40.5 Å². The fraction of sp³-hybridized carbons (Fsp3) is 0.579. The van der Waals surface area contributed by atoms with Crippen LogP contribution < -0.4 is 0 Å². The SMILES string of the molecule is O[C@H](C/C=C\[C@H](O)C1CCCCC1)CCc1ccccc1. The van der Waals surface area contributed by atoms with Gasteiger partial charge in [0, 0.05) is 0 Å². The van der Waals surface area contributed by atoms with Gasteiger partial charge in [-0.05, 0) is 43.6 Å². The van der Waals surface area contributed by atoms with Crippen molar-refractivity contribution in [3.05, 3.63) is 48.0 Å². The maximum Gasteiger partial charge on any atom is 0.0749 e. The summed E-state index contributed by atoms with van der Waals surface area (Å²) in [5.74, 6) is 0.427. The summed E-state index contributed by atoms with van der Waals surface area (Å²) in [6.45, 7) is 0. The van der Waals surface area contributed by atoms with Gasteiger partial charge in [0.15, 0.2) is 0 Å². The van der Waals surface area contributed by atoms with Gasteiger partial charge >= 0.3 is 0 Å². The molecule has 0 saturated heterocycles. The Kier molecular flexibility index (Phi) is 6.98. The molecule has 0 heterocycles. The van der Waals surface area contributed by atoms with Crippen LogP contribution in [0.25, 0.3) is 0 Å². The molecule has 0 unspecified atom stereocenters. The molecule has 0 aliphatic heterocycles. The number of aliphatic hydroxyl groups is 2. The van der Waals surface area contributed by atoms with Crippen LogP contribution in [0.5, 0.6) is 0 Å². The molecule has 0 aromatic heterocycles. The minimum atomic E-state index is -0.327. The zero-order chi connectivity index (χ0) is 14.9. The second kappa shape index (κ2) is 9.01. The monoisotopic (exact) mass is 288 g/mol. The van der Waals surface area contributed by atoms with Crippen molar-refractivity contribution in [2.45, 2.75) is 63.6 Å². The minimum Gasteiger partial charge on any atom is -0.393 e. The lowest BCUT2D eigenvalue weighted by atomic mass is 9.85. The van der Waals surface area contributed by atoms with Crippen molar-refractivity contribution in [2.24, 2.45) is 5.92 Å². The lowest BCUT2D eigenvalue weighted by Gasteiger charge is -2.24. The summed E-state index contributed by atoms with van der Waals surface area (Å²) < 4.78 is 0. The molecule has 1 aliphatic rings. The van der Waals surface area contributed by atoms with Gasteiger partial charge in [-0.25, -0.2) is 0 Å². The summed E-state index contributed by atoms with van der Waals surface area (Å²) in [5, 5.41) is 20.1. The van der Waals surface area contributed by atoms with Crippen LogP contribution in [0.4, 0.5) is 0 Å². The number of benzene rings is 1. The molecule has 2 N–H and O–H groups in total. The van der Waals surface area contributed by atoms with Crippen molar-refractivity contribution in [3.63, 3.8) is 0 Å². The molecule has 0 amide bonds. The first kappa shape index (κ1) is 16.3. The van der Waals surface area contributed by atoms with E-state index in [1.807, 2.05) is 30.4 Å². The van der Waals surface area contributed by atoms with Gasteiger partial charge in [0.05, 0.1) is 12.2 Å². The van der Waals surface area contributed by atoms with Crippen LogP contribution in [0.3, 0.4) is 0 Å². The lowest BCUT2D eigenvalue weighted by Crippen LogP contribution is -2.20. The maximum atomic E-state index is 10.1. The van der Waals surface area contributed by atoms with Crippen LogP contribution in [0, 0.1) is 5.92 Å². The Balaban J connectivity index is 1.65. The number of rotatable bonds is 7. The third-order valence-electron chi connectivity index (χ3n) is 4.48. The highest BCUT2D eigenvalue weighted by molar-refractivity contribution is 5.14. The summed E-state index contributed by atoms with van der Waals surface area (Å²) in [7, 11) is 0. The molecule has 116 valence electrons. The van der Waals surface area contributed by atoms with E-state index < -0.39 is 0 Å². The molecule has 1 aromatic carbocycles. The van der Waals surface area contributed by atoms with Gasteiger partial charge < -0.3 is 10.2 Å². The standard InChI is InChI=1S/C19H28O2/c20-18(15-14-16-8-3-1-4-9-16)12-7-13-19(21)17-10-5-2-6-11-17/h1,3-4,7-9,13,17-21H,2,5-6,10-12,14-15H2/b13-7-/t18-,19+/m1/s1. The van der Waals surface area contributed by atoms with E-state index in [1.165, 1.54) is 24.8 Å². The quantitative estimate of drug-likeness (QED) is 0.748. The number of aryl methyl sites for hydroxylation is 1. The number of hydrogen-bond acceptors (Lipinski definition) is 2. The molecule has 1 aromatic rings. The molecular formula is C19H28O2. The van der Waals surface area contributed by atoms with Crippen molar-refractivity contribution in [2.75, 3.05) is 0 Å². The summed E-state index contributed by atoms with van der Waals surface area (Å²) in [6, 6.07) is 10.3. The largest absolute Gasteiger partial charge is 0.393 e. The Hall–Kier alpha value is -1.12. The van der Waals surface area contributed by atoms with Crippen molar-refractivity contribution < 1.29 is 10.2 Å². The lowest BCUT2D eigenvalue weighted by molar-refractivity contribution is 0.124. The van der Waals surface area contributed by atoms with Crippen LogP contribution in [-0.4, -0.2) is 22.4 Å². The van der Waals surface area contributed by atoms with Crippen LogP contribution in [0.15, 0.2) is 42.5 Å². The van der Waals surface area contributed by atoms with Gasteiger partial charge in [0.1, 0.15) is 0 Å². The average Bonchev–Trinajstić information content (AvgIpc) is 2.54. The molecule has 1 aliphatic carbocycles. The molecule has 1 saturated carbocycles. The molecule has 2 atom stereocenters. The van der Waals surface area contributed by atoms with Crippen LogP contribution in [-0.2, 0) is 6.42 Å². The molecule has 0 radical (unpaired) electrons. The molecule has 21 heavy (non-hydrogen) atoms. The van der Waals surface area contributed by atoms with E-state index >= 15 is 0 Å².